The number of hydrogen-bond acceptors (Lipinski definition) is 3. The fourth-order valence-electron chi connectivity index (χ4n) is 3.14. The van der Waals surface area contributed by atoms with Crippen LogP contribution in [0.3, 0.4) is 0 Å². The molecular formula is C13H12O2S. The zero-order valence-electron chi connectivity index (χ0n) is 8.86. The molecule has 1 saturated heterocycles. The normalized spacial score (nSPS) is 35.4. The summed E-state index contributed by atoms with van der Waals surface area (Å²) in [5, 5.41) is 0.00657. The Hall–Kier alpha value is -0.960. The molecule has 2 atom stereocenters. The van der Waals surface area contributed by atoms with Gasteiger partial charge in [0.05, 0.1) is 0 Å². The smallest absolute Gasteiger partial charge is 0.324 e. The summed E-state index contributed by atoms with van der Waals surface area (Å²) < 4.78 is 5.61. The zero-order chi connectivity index (χ0) is 10.7. The number of allylic oxidation sites excluding steroid dienone is 2. The van der Waals surface area contributed by atoms with Crippen LogP contribution in [0, 0.1) is 0 Å². The topological polar surface area (TPSA) is 26.3 Å². The Morgan fingerprint density at radius 3 is 3.00 bits per heavy atom. The highest BCUT2D eigenvalue weighted by Crippen LogP contribution is 2.48. The van der Waals surface area contributed by atoms with E-state index in [1.165, 1.54) is 22.3 Å². The number of hydrogen-bond donors (Lipinski definition) is 0. The minimum absolute atomic E-state index is 0.00657. The number of rotatable bonds is 0. The van der Waals surface area contributed by atoms with Crippen LogP contribution >= 0.6 is 11.8 Å². The molecule has 3 heteroatoms. The van der Waals surface area contributed by atoms with Crippen molar-refractivity contribution in [1.82, 2.24) is 0 Å². The van der Waals surface area contributed by atoms with Crippen molar-refractivity contribution in [3.63, 3.8) is 0 Å². The van der Waals surface area contributed by atoms with E-state index in [0.717, 1.165) is 25.0 Å². The van der Waals surface area contributed by atoms with E-state index in [1.54, 1.807) is 11.8 Å². The van der Waals surface area contributed by atoms with Crippen molar-refractivity contribution < 1.29 is 9.53 Å². The molecule has 0 spiro atoms. The second-order valence-electron chi connectivity index (χ2n) is 4.69. The predicted octanol–water partition coefficient (Wildman–Crippen LogP) is 2.37. The summed E-state index contributed by atoms with van der Waals surface area (Å²) >= 11 is 1.74. The van der Waals surface area contributed by atoms with Crippen LogP contribution in [0.4, 0.5) is 0 Å². The Morgan fingerprint density at radius 1 is 1.25 bits per heavy atom. The molecule has 2 unspecified atom stereocenters. The molecule has 2 heterocycles. The molecule has 1 saturated carbocycles. The third-order valence-electron chi connectivity index (χ3n) is 3.89. The van der Waals surface area contributed by atoms with Crippen LogP contribution in [0.2, 0.25) is 0 Å². The molecule has 2 bridgehead atoms. The molecule has 3 aliphatic carbocycles. The van der Waals surface area contributed by atoms with Gasteiger partial charge in [-0.3, -0.25) is 4.79 Å². The largest absolute Gasteiger partial charge is 0.452 e. The summed E-state index contributed by atoms with van der Waals surface area (Å²) in [6, 6.07) is 0. The Kier molecular flexibility index (Phi) is 1.73. The van der Waals surface area contributed by atoms with Crippen LogP contribution in [-0.2, 0) is 9.53 Å². The average Bonchev–Trinajstić information content (AvgIpc) is 2.80. The molecule has 0 aromatic carbocycles. The lowest BCUT2D eigenvalue weighted by Crippen LogP contribution is -2.38. The Morgan fingerprint density at radius 2 is 2.19 bits per heavy atom. The van der Waals surface area contributed by atoms with Crippen LogP contribution in [-0.4, -0.2) is 23.1 Å². The number of thioether (sulfide) groups is 1. The van der Waals surface area contributed by atoms with E-state index in [9.17, 15) is 4.79 Å². The summed E-state index contributed by atoms with van der Waals surface area (Å²) in [5.41, 5.74) is 5.43. The van der Waals surface area contributed by atoms with E-state index in [0.29, 0.717) is 0 Å². The minimum atomic E-state index is -0.0220. The zero-order valence-corrected chi connectivity index (χ0v) is 9.68. The van der Waals surface area contributed by atoms with Gasteiger partial charge in [-0.25, -0.2) is 0 Å². The molecule has 2 nitrogen and oxygen atoms in total. The standard InChI is InChI=1S/C13H12O2S/c14-13-12-9(5-6-16-12)10-7-1-3-8(4-2-7)11(10)15-13/h1,3,11-12H,2,4-6H2. The second-order valence-corrected chi connectivity index (χ2v) is 5.90. The van der Waals surface area contributed by atoms with Gasteiger partial charge in [0, 0.05) is 5.57 Å². The first kappa shape index (κ1) is 9.11. The number of carbonyl (C=O) groups is 1. The quantitative estimate of drug-likeness (QED) is 0.600. The van der Waals surface area contributed by atoms with Crippen molar-refractivity contribution >= 4 is 17.7 Å². The van der Waals surface area contributed by atoms with Crippen molar-refractivity contribution in [3.8, 4) is 0 Å². The number of esters is 1. The van der Waals surface area contributed by atoms with E-state index in [-0.39, 0.29) is 17.3 Å². The first-order valence-corrected chi connectivity index (χ1v) is 6.84. The van der Waals surface area contributed by atoms with Gasteiger partial charge in [0.15, 0.2) is 0 Å². The molecule has 0 aromatic rings. The fourth-order valence-corrected chi connectivity index (χ4v) is 4.35. The van der Waals surface area contributed by atoms with Crippen molar-refractivity contribution in [2.75, 3.05) is 5.75 Å². The van der Waals surface area contributed by atoms with Crippen LogP contribution in [0.5, 0.6) is 0 Å². The van der Waals surface area contributed by atoms with Crippen LogP contribution < -0.4 is 0 Å². The maximum absolute atomic E-state index is 11.9. The average molecular weight is 232 g/mol. The lowest BCUT2D eigenvalue weighted by molar-refractivity contribution is -0.145. The van der Waals surface area contributed by atoms with Gasteiger partial charge >= 0.3 is 5.97 Å². The first-order chi connectivity index (χ1) is 7.84. The molecule has 0 amide bonds. The summed E-state index contributed by atoms with van der Waals surface area (Å²) in [6.45, 7) is 0. The van der Waals surface area contributed by atoms with Gasteiger partial charge in [0.1, 0.15) is 11.4 Å². The number of carbonyl (C=O) groups excluding carboxylic acids is 1. The molecule has 2 fully saturated rings. The Labute approximate surface area is 98.4 Å². The van der Waals surface area contributed by atoms with E-state index in [2.05, 4.69) is 12.2 Å². The lowest BCUT2D eigenvalue weighted by atomic mass is 9.75. The maximum atomic E-state index is 11.9. The van der Waals surface area contributed by atoms with Gasteiger partial charge in [0.25, 0.3) is 0 Å². The van der Waals surface area contributed by atoms with Gasteiger partial charge in [0.2, 0.25) is 0 Å². The third-order valence-corrected chi connectivity index (χ3v) is 5.14. The Balaban J connectivity index is 1.93. The molecular weight excluding hydrogens is 220 g/mol. The number of fused-ring (bicyclic) bond motifs is 3. The minimum Gasteiger partial charge on any atom is -0.452 e. The van der Waals surface area contributed by atoms with E-state index >= 15 is 0 Å². The molecule has 82 valence electrons. The fraction of sp³-hybridized carbons (Fsp3) is 0.462. The van der Waals surface area contributed by atoms with Crippen molar-refractivity contribution in [2.24, 2.45) is 0 Å². The van der Waals surface area contributed by atoms with Crippen molar-refractivity contribution in [1.29, 1.82) is 0 Å². The van der Waals surface area contributed by atoms with Crippen molar-refractivity contribution in [3.05, 3.63) is 34.4 Å². The molecule has 0 radical (unpaired) electrons. The molecule has 16 heavy (non-hydrogen) atoms. The maximum Gasteiger partial charge on any atom is 0.324 e. The monoisotopic (exact) mass is 232 g/mol. The predicted molar refractivity (Wildman–Crippen MR) is 63.2 cm³/mol. The van der Waals surface area contributed by atoms with Crippen LogP contribution in [0.15, 0.2) is 34.4 Å². The van der Waals surface area contributed by atoms with E-state index in [4.69, 9.17) is 4.74 Å². The lowest BCUT2D eigenvalue weighted by Gasteiger charge is -2.38. The summed E-state index contributed by atoms with van der Waals surface area (Å²) in [7, 11) is 0. The SMILES string of the molecule is O=C1OC2C3=CC=C(CC3)C2=C2CCSC12. The summed E-state index contributed by atoms with van der Waals surface area (Å²) in [4.78, 5) is 11.9. The highest BCUT2D eigenvalue weighted by atomic mass is 32.2. The van der Waals surface area contributed by atoms with Gasteiger partial charge in [-0.05, 0) is 41.7 Å². The number of ether oxygens (including phenoxy) is 1. The molecule has 2 aliphatic heterocycles. The van der Waals surface area contributed by atoms with Gasteiger partial charge in [-0.2, -0.15) is 0 Å². The first-order valence-electron chi connectivity index (χ1n) is 5.79. The van der Waals surface area contributed by atoms with Crippen LogP contribution in [0.1, 0.15) is 19.3 Å². The molecule has 5 aliphatic rings. The van der Waals surface area contributed by atoms with E-state index in [1.807, 2.05) is 0 Å². The summed E-state index contributed by atoms with van der Waals surface area (Å²) in [6.07, 6.45) is 7.61. The highest BCUT2D eigenvalue weighted by molar-refractivity contribution is 8.01. The molecule has 0 N–H and O–H groups in total. The van der Waals surface area contributed by atoms with E-state index < -0.39 is 0 Å². The summed E-state index contributed by atoms with van der Waals surface area (Å²) in [5.74, 6) is 1.05. The van der Waals surface area contributed by atoms with Gasteiger partial charge in [-0.1, -0.05) is 12.2 Å². The van der Waals surface area contributed by atoms with Gasteiger partial charge < -0.3 is 4.74 Å². The van der Waals surface area contributed by atoms with Gasteiger partial charge in [-0.15, -0.1) is 11.8 Å². The highest BCUT2D eigenvalue weighted by Gasteiger charge is 2.44. The Bertz CT molecular complexity index is 484. The van der Waals surface area contributed by atoms with Crippen LogP contribution in [0.25, 0.3) is 0 Å². The second kappa shape index (κ2) is 3.04. The molecule has 5 rings (SSSR count). The van der Waals surface area contributed by atoms with Crippen molar-refractivity contribution in [2.45, 2.75) is 30.6 Å². The molecule has 0 aromatic heterocycles. The third kappa shape index (κ3) is 1.02.